The number of pyridine rings is 2. The fourth-order valence-corrected chi connectivity index (χ4v) is 5.29. The van der Waals surface area contributed by atoms with Crippen LogP contribution >= 0.6 is 11.6 Å². The zero-order chi connectivity index (χ0) is 23.1. The minimum atomic E-state index is -0.652. The van der Waals surface area contributed by atoms with Crippen molar-refractivity contribution in [2.24, 2.45) is 11.7 Å². The van der Waals surface area contributed by atoms with Gasteiger partial charge in [-0.2, -0.15) is 0 Å². The van der Waals surface area contributed by atoms with Gasteiger partial charge in [0.2, 0.25) is 11.8 Å². The molecule has 5 rings (SSSR count). The molecule has 3 heterocycles. The number of fused-ring (bicyclic) bond motifs is 3. The Morgan fingerprint density at radius 3 is 2.70 bits per heavy atom. The van der Waals surface area contributed by atoms with Gasteiger partial charge in [0.05, 0.1) is 12.1 Å². The van der Waals surface area contributed by atoms with Gasteiger partial charge in [-0.25, -0.2) is 9.97 Å². The summed E-state index contributed by atoms with van der Waals surface area (Å²) in [6.07, 6.45) is 2.53. The highest BCUT2D eigenvalue weighted by atomic mass is 35.5. The maximum atomic E-state index is 13.5. The Hall–Kier alpha value is -3.52. The van der Waals surface area contributed by atoms with Crippen LogP contribution in [0.2, 0.25) is 5.15 Å². The Morgan fingerprint density at radius 1 is 1.09 bits per heavy atom. The minimum Gasteiger partial charge on any atom is -0.364 e. The number of primary amides is 1. The summed E-state index contributed by atoms with van der Waals surface area (Å²) in [6.45, 7) is 0. The summed E-state index contributed by atoms with van der Waals surface area (Å²) in [5.74, 6) is -0.667. The van der Waals surface area contributed by atoms with Crippen LogP contribution in [0.25, 0.3) is 10.8 Å². The van der Waals surface area contributed by atoms with E-state index in [1.165, 1.54) is 0 Å². The molecule has 1 aliphatic carbocycles. The van der Waals surface area contributed by atoms with Crippen LogP contribution in [-0.2, 0) is 16.0 Å². The highest BCUT2D eigenvalue weighted by Gasteiger charge is 2.51. The molecular formula is C24H22ClN5O3. The number of hydrogen-bond acceptors (Lipinski definition) is 5. The summed E-state index contributed by atoms with van der Waals surface area (Å²) in [5.41, 5.74) is 6.05. The minimum absolute atomic E-state index is 0.0103. The number of nitrogens with one attached hydrogen (secondary N) is 1. The number of hydrogen-bond donors (Lipinski definition) is 2. The molecule has 33 heavy (non-hydrogen) atoms. The number of piperidine rings is 1. The Labute approximate surface area is 195 Å². The van der Waals surface area contributed by atoms with Crippen molar-refractivity contribution in [1.29, 1.82) is 0 Å². The maximum Gasteiger partial charge on any atom is 0.267 e. The first-order chi connectivity index (χ1) is 15.9. The lowest BCUT2D eigenvalue weighted by molar-refractivity contribution is -0.140. The van der Waals surface area contributed by atoms with E-state index in [2.05, 4.69) is 15.3 Å². The number of aromatic nitrogens is 2. The van der Waals surface area contributed by atoms with E-state index in [0.29, 0.717) is 11.5 Å². The van der Waals surface area contributed by atoms with E-state index in [4.69, 9.17) is 17.3 Å². The monoisotopic (exact) mass is 463 g/mol. The third-order valence-corrected chi connectivity index (χ3v) is 6.71. The largest absolute Gasteiger partial charge is 0.364 e. The van der Waals surface area contributed by atoms with Crippen molar-refractivity contribution in [2.75, 3.05) is 5.32 Å². The standard InChI is InChI=1S/C24H22ClN5O3/c25-19-6-3-7-20(28-19)29-24(33)22-14-8-9-15(10-14)30(22)21(31)12-17-16-5-2-1-4-13(16)11-18(27-17)23(26)32/h1-7,11,14-15,22H,8-10,12H2,(H2,26,32)(H,28,29,33)/t14-,15+,22-/m0/s1. The van der Waals surface area contributed by atoms with E-state index < -0.39 is 11.9 Å². The number of nitrogens with two attached hydrogens (primary N) is 1. The van der Waals surface area contributed by atoms with Gasteiger partial charge in [-0.05, 0) is 48.8 Å². The molecule has 0 spiro atoms. The molecular weight excluding hydrogens is 442 g/mol. The van der Waals surface area contributed by atoms with Crippen LogP contribution in [0.1, 0.15) is 35.4 Å². The summed E-state index contributed by atoms with van der Waals surface area (Å²) in [7, 11) is 0. The molecule has 8 nitrogen and oxygen atoms in total. The Kier molecular flexibility index (Phi) is 5.46. The second kappa shape index (κ2) is 8.44. The molecule has 2 fully saturated rings. The summed E-state index contributed by atoms with van der Waals surface area (Å²) in [6, 6.07) is 13.5. The van der Waals surface area contributed by atoms with Gasteiger partial charge >= 0.3 is 0 Å². The molecule has 2 bridgehead atoms. The first kappa shape index (κ1) is 21.3. The number of nitrogens with zero attached hydrogens (tertiary/aromatic N) is 3. The van der Waals surface area contributed by atoms with E-state index in [1.807, 2.05) is 24.3 Å². The van der Waals surface area contributed by atoms with Crippen LogP contribution in [0.5, 0.6) is 0 Å². The first-order valence-corrected chi connectivity index (χ1v) is 11.2. The third-order valence-electron chi connectivity index (χ3n) is 6.50. The van der Waals surface area contributed by atoms with Crippen molar-refractivity contribution >= 4 is 45.9 Å². The zero-order valence-corrected chi connectivity index (χ0v) is 18.5. The van der Waals surface area contributed by atoms with Crippen molar-refractivity contribution in [2.45, 2.75) is 37.8 Å². The summed E-state index contributed by atoms with van der Waals surface area (Å²) >= 11 is 5.94. The van der Waals surface area contributed by atoms with E-state index in [9.17, 15) is 14.4 Å². The van der Waals surface area contributed by atoms with E-state index in [1.54, 1.807) is 29.2 Å². The van der Waals surface area contributed by atoms with Gasteiger partial charge in [-0.3, -0.25) is 14.4 Å². The Bertz CT molecular complexity index is 1280. The molecule has 3 N–H and O–H groups in total. The number of anilines is 1. The van der Waals surface area contributed by atoms with E-state index in [-0.39, 0.29) is 41.0 Å². The van der Waals surface area contributed by atoms with Crippen molar-refractivity contribution in [3.63, 3.8) is 0 Å². The van der Waals surface area contributed by atoms with Crippen molar-refractivity contribution in [3.8, 4) is 0 Å². The average molecular weight is 464 g/mol. The molecule has 3 atom stereocenters. The van der Waals surface area contributed by atoms with Crippen LogP contribution in [-0.4, -0.2) is 44.7 Å². The lowest BCUT2D eigenvalue weighted by atomic mass is 9.97. The highest BCUT2D eigenvalue weighted by Crippen LogP contribution is 2.43. The molecule has 1 aromatic carbocycles. The van der Waals surface area contributed by atoms with Crippen LogP contribution in [0.3, 0.4) is 0 Å². The van der Waals surface area contributed by atoms with Crippen molar-refractivity contribution in [3.05, 3.63) is 65.1 Å². The molecule has 168 valence electrons. The van der Waals surface area contributed by atoms with Crippen LogP contribution < -0.4 is 11.1 Å². The van der Waals surface area contributed by atoms with Crippen molar-refractivity contribution < 1.29 is 14.4 Å². The topological polar surface area (TPSA) is 118 Å². The zero-order valence-electron chi connectivity index (χ0n) is 17.7. The number of carbonyl (C=O) groups is 3. The van der Waals surface area contributed by atoms with Crippen molar-refractivity contribution in [1.82, 2.24) is 14.9 Å². The van der Waals surface area contributed by atoms with Gasteiger partial charge < -0.3 is 16.0 Å². The Morgan fingerprint density at radius 2 is 1.91 bits per heavy atom. The van der Waals surface area contributed by atoms with Gasteiger partial charge in [0.15, 0.2) is 0 Å². The molecule has 1 saturated heterocycles. The fourth-order valence-electron chi connectivity index (χ4n) is 5.13. The first-order valence-electron chi connectivity index (χ1n) is 10.8. The van der Waals surface area contributed by atoms with E-state index >= 15 is 0 Å². The van der Waals surface area contributed by atoms with Gasteiger partial charge in [0.1, 0.15) is 22.7 Å². The molecule has 3 amide bonds. The van der Waals surface area contributed by atoms with Crippen LogP contribution in [0.4, 0.5) is 5.82 Å². The van der Waals surface area contributed by atoms with Crippen LogP contribution in [0.15, 0.2) is 48.5 Å². The number of halogens is 1. The molecule has 0 unspecified atom stereocenters. The molecule has 2 aromatic heterocycles. The predicted molar refractivity (Wildman–Crippen MR) is 124 cm³/mol. The number of benzene rings is 1. The van der Waals surface area contributed by atoms with Gasteiger partial charge in [-0.15, -0.1) is 0 Å². The number of carbonyl (C=O) groups excluding carboxylic acids is 3. The fraction of sp³-hybridized carbons (Fsp3) is 0.292. The summed E-state index contributed by atoms with van der Waals surface area (Å²) in [4.78, 5) is 48.6. The molecule has 2 aliphatic rings. The highest BCUT2D eigenvalue weighted by molar-refractivity contribution is 6.29. The number of rotatable bonds is 5. The normalized spacial score (nSPS) is 21.4. The quantitative estimate of drug-likeness (QED) is 0.564. The second-order valence-corrected chi connectivity index (χ2v) is 8.91. The van der Waals surface area contributed by atoms with Crippen LogP contribution in [0, 0.1) is 5.92 Å². The number of likely N-dealkylation sites (tertiary alicyclic amines) is 1. The summed E-state index contributed by atoms with van der Waals surface area (Å²) in [5, 5.41) is 4.65. The molecule has 1 aliphatic heterocycles. The Balaban J connectivity index is 1.43. The lowest BCUT2D eigenvalue weighted by Gasteiger charge is -2.34. The average Bonchev–Trinajstić information content (AvgIpc) is 3.41. The van der Waals surface area contributed by atoms with Gasteiger partial charge in [0.25, 0.3) is 5.91 Å². The lowest BCUT2D eigenvalue weighted by Crippen LogP contribution is -2.51. The third kappa shape index (κ3) is 4.02. The number of amides is 3. The summed E-state index contributed by atoms with van der Waals surface area (Å²) < 4.78 is 0. The molecule has 3 aromatic rings. The maximum absolute atomic E-state index is 13.5. The second-order valence-electron chi connectivity index (χ2n) is 8.52. The van der Waals surface area contributed by atoms with E-state index in [0.717, 1.165) is 30.0 Å². The molecule has 0 radical (unpaired) electrons. The van der Waals surface area contributed by atoms with Gasteiger partial charge in [-0.1, -0.05) is 41.9 Å². The SMILES string of the molecule is NC(=O)c1cc2ccccc2c(CC(=O)N2[C@@H]3CC[C@@H](C3)[C@H]2C(=O)Nc2cccc(Cl)n2)n1. The molecule has 1 saturated carbocycles. The van der Waals surface area contributed by atoms with Gasteiger partial charge in [0, 0.05) is 11.4 Å². The smallest absolute Gasteiger partial charge is 0.267 e. The molecule has 9 heteroatoms. The predicted octanol–water partition coefficient (Wildman–Crippen LogP) is 2.94.